The van der Waals surface area contributed by atoms with Gasteiger partial charge in [0.1, 0.15) is 17.2 Å². The molecule has 0 aliphatic carbocycles. The van der Waals surface area contributed by atoms with E-state index in [9.17, 15) is 0 Å². The molecule has 0 bridgehead atoms. The highest BCUT2D eigenvalue weighted by Gasteiger charge is 2.13. The van der Waals surface area contributed by atoms with Gasteiger partial charge in [0, 0.05) is 17.0 Å². The van der Waals surface area contributed by atoms with Gasteiger partial charge in [-0.1, -0.05) is 24.3 Å². The molecule has 0 aliphatic heterocycles. The largest absolute Gasteiger partial charge is 0.210 e. The number of fused-ring (bicyclic) bond motifs is 3. The van der Waals surface area contributed by atoms with E-state index in [-0.39, 0.29) is 0 Å². The lowest BCUT2D eigenvalue weighted by molar-refractivity contribution is 0.794. The number of aryl methyl sites for hydroxylation is 1. The minimum Gasteiger partial charge on any atom is -0.210 e. The smallest absolute Gasteiger partial charge is 0.184 e. The van der Waals surface area contributed by atoms with E-state index in [1.54, 1.807) is 10.8 Å². The maximum atomic E-state index is 4.54. The summed E-state index contributed by atoms with van der Waals surface area (Å²) in [6.45, 7) is 1.85. The summed E-state index contributed by atoms with van der Waals surface area (Å²) in [5, 5.41) is 18.9. The first-order chi connectivity index (χ1) is 9.83. The van der Waals surface area contributed by atoms with Crippen LogP contribution in [0.2, 0.25) is 0 Å². The Kier molecular flexibility index (Phi) is 2.23. The summed E-state index contributed by atoms with van der Waals surface area (Å²) in [7, 11) is 0. The third kappa shape index (κ3) is 1.55. The predicted octanol–water partition coefficient (Wildman–Crippen LogP) is 2.04. The van der Waals surface area contributed by atoms with Crippen molar-refractivity contribution < 1.29 is 0 Å². The van der Waals surface area contributed by atoms with Gasteiger partial charge in [0.2, 0.25) is 0 Å². The minimum atomic E-state index is 0.693. The number of rotatable bonds is 1. The van der Waals surface area contributed by atoms with Crippen LogP contribution in [0.25, 0.3) is 27.8 Å². The average Bonchev–Trinajstić information content (AvgIpc) is 2.88. The van der Waals surface area contributed by atoms with Crippen LogP contribution in [0.3, 0.4) is 0 Å². The van der Waals surface area contributed by atoms with Crippen LogP contribution in [0, 0.1) is 6.92 Å². The standard InChI is InChI=1S/C14H10N6/c1-9-16-14-11-6-3-2-5-10(11)13(19-20(14)18-9)12-7-4-8-15-17-12/h2-8H,1H3. The molecule has 0 aliphatic rings. The van der Waals surface area contributed by atoms with Gasteiger partial charge in [0.15, 0.2) is 5.65 Å². The quantitative estimate of drug-likeness (QED) is 0.525. The second kappa shape index (κ2) is 4.06. The molecule has 4 aromatic rings. The third-order valence-corrected chi connectivity index (χ3v) is 3.13. The van der Waals surface area contributed by atoms with Crippen LogP contribution in [0.5, 0.6) is 0 Å². The molecule has 0 N–H and O–H groups in total. The van der Waals surface area contributed by atoms with Crippen molar-refractivity contribution >= 4 is 16.4 Å². The molecule has 0 radical (unpaired) electrons. The molecule has 0 saturated heterocycles. The molecule has 3 aromatic heterocycles. The van der Waals surface area contributed by atoms with Crippen molar-refractivity contribution in [3.05, 3.63) is 48.4 Å². The zero-order valence-corrected chi connectivity index (χ0v) is 10.7. The zero-order chi connectivity index (χ0) is 13.5. The average molecular weight is 262 g/mol. The topological polar surface area (TPSA) is 68.9 Å². The highest BCUT2D eigenvalue weighted by atomic mass is 15.4. The summed E-state index contributed by atoms with van der Waals surface area (Å²) in [5.41, 5.74) is 2.23. The fourth-order valence-corrected chi connectivity index (χ4v) is 2.29. The predicted molar refractivity (Wildman–Crippen MR) is 74.1 cm³/mol. The lowest BCUT2D eigenvalue weighted by Gasteiger charge is -2.05. The van der Waals surface area contributed by atoms with Crippen molar-refractivity contribution in [3.8, 4) is 11.4 Å². The van der Waals surface area contributed by atoms with E-state index in [0.29, 0.717) is 5.82 Å². The summed E-state index contributed by atoms with van der Waals surface area (Å²) in [6, 6.07) is 11.7. The molecule has 0 unspecified atom stereocenters. The van der Waals surface area contributed by atoms with Crippen LogP contribution in [0.15, 0.2) is 42.6 Å². The van der Waals surface area contributed by atoms with Crippen LogP contribution in [-0.4, -0.2) is 30.0 Å². The molecule has 0 amide bonds. The van der Waals surface area contributed by atoms with Crippen molar-refractivity contribution in [1.29, 1.82) is 0 Å². The van der Waals surface area contributed by atoms with Gasteiger partial charge in [-0.2, -0.15) is 5.10 Å². The fourth-order valence-electron chi connectivity index (χ4n) is 2.29. The van der Waals surface area contributed by atoms with Crippen LogP contribution in [0.4, 0.5) is 0 Å². The Bertz CT molecular complexity index is 913. The van der Waals surface area contributed by atoms with Crippen molar-refractivity contribution in [1.82, 2.24) is 30.0 Å². The third-order valence-electron chi connectivity index (χ3n) is 3.13. The molecule has 1 aromatic carbocycles. The first-order valence-electron chi connectivity index (χ1n) is 6.23. The number of aromatic nitrogens is 6. The van der Waals surface area contributed by atoms with E-state index in [1.165, 1.54) is 0 Å². The van der Waals surface area contributed by atoms with Gasteiger partial charge >= 0.3 is 0 Å². The maximum absolute atomic E-state index is 4.54. The number of nitrogens with zero attached hydrogens (tertiary/aromatic N) is 6. The molecule has 0 spiro atoms. The SMILES string of the molecule is Cc1nc2c3ccccc3c(-c3cccnn3)nn2n1. The normalized spacial score (nSPS) is 11.2. The van der Waals surface area contributed by atoms with Crippen molar-refractivity contribution in [2.75, 3.05) is 0 Å². The zero-order valence-electron chi connectivity index (χ0n) is 10.7. The Morgan fingerprint density at radius 1 is 0.950 bits per heavy atom. The van der Waals surface area contributed by atoms with Gasteiger partial charge in [-0.25, -0.2) is 4.98 Å². The first kappa shape index (κ1) is 11.0. The minimum absolute atomic E-state index is 0.693. The molecule has 96 valence electrons. The van der Waals surface area contributed by atoms with Gasteiger partial charge in [-0.3, -0.25) is 0 Å². The van der Waals surface area contributed by atoms with Crippen molar-refractivity contribution in [2.45, 2.75) is 6.92 Å². The summed E-state index contributed by atoms with van der Waals surface area (Å²) in [5.74, 6) is 0.693. The van der Waals surface area contributed by atoms with Crippen LogP contribution in [0.1, 0.15) is 5.82 Å². The van der Waals surface area contributed by atoms with Crippen LogP contribution < -0.4 is 0 Å². The molecule has 3 heterocycles. The second-order valence-electron chi connectivity index (χ2n) is 4.48. The molecule has 6 heteroatoms. The van der Waals surface area contributed by atoms with E-state index in [1.807, 2.05) is 43.3 Å². The molecule has 0 atom stereocenters. The second-order valence-corrected chi connectivity index (χ2v) is 4.48. The molecular weight excluding hydrogens is 252 g/mol. The Balaban J connectivity index is 2.18. The lowest BCUT2D eigenvalue weighted by Crippen LogP contribution is -2.00. The van der Waals surface area contributed by atoms with E-state index in [0.717, 1.165) is 27.8 Å². The lowest BCUT2D eigenvalue weighted by atomic mass is 10.1. The van der Waals surface area contributed by atoms with Gasteiger partial charge in [0.05, 0.1) is 0 Å². The molecule has 20 heavy (non-hydrogen) atoms. The Hall–Kier alpha value is -2.89. The Morgan fingerprint density at radius 2 is 1.80 bits per heavy atom. The fraction of sp³-hybridized carbons (Fsp3) is 0.0714. The molecule has 6 nitrogen and oxygen atoms in total. The number of hydrogen-bond acceptors (Lipinski definition) is 5. The molecule has 0 fully saturated rings. The molecule has 4 rings (SSSR count). The summed E-state index contributed by atoms with van der Waals surface area (Å²) >= 11 is 0. The highest BCUT2D eigenvalue weighted by molar-refractivity contribution is 6.00. The van der Waals surface area contributed by atoms with Gasteiger partial charge in [-0.15, -0.1) is 19.9 Å². The summed E-state index contributed by atoms with van der Waals surface area (Å²) in [6.07, 6.45) is 1.64. The Labute approximate surface area is 114 Å². The highest BCUT2D eigenvalue weighted by Crippen LogP contribution is 2.26. The van der Waals surface area contributed by atoms with Gasteiger partial charge in [-0.05, 0) is 19.1 Å². The summed E-state index contributed by atoms with van der Waals surface area (Å²) < 4.78 is 1.56. The molecule has 0 saturated carbocycles. The van der Waals surface area contributed by atoms with Crippen molar-refractivity contribution in [3.63, 3.8) is 0 Å². The van der Waals surface area contributed by atoms with E-state index in [4.69, 9.17) is 0 Å². The van der Waals surface area contributed by atoms with Crippen molar-refractivity contribution in [2.24, 2.45) is 0 Å². The summed E-state index contributed by atoms with van der Waals surface area (Å²) in [4.78, 5) is 4.43. The number of benzene rings is 1. The van der Waals surface area contributed by atoms with E-state index < -0.39 is 0 Å². The van der Waals surface area contributed by atoms with Gasteiger partial charge in [0.25, 0.3) is 0 Å². The van der Waals surface area contributed by atoms with Crippen LogP contribution >= 0.6 is 0 Å². The number of hydrogen-bond donors (Lipinski definition) is 0. The molecular formula is C14H10N6. The maximum Gasteiger partial charge on any atom is 0.184 e. The Morgan fingerprint density at radius 3 is 2.60 bits per heavy atom. The van der Waals surface area contributed by atoms with E-state index >= 15 is 0 Å². The monoisotopic (exact) mass is 262 g/mol. The van der Waals surface area contributed by atoms with Gasteiger partial charge < -0.3 is 0 Å². The first-order valence-corrected chi connectivity index (χ1v) is 6.23. The van der Waals surface area contributed by atoms with E-state index in [2.05, 4.69) is 25.4 Å². The van der Waals surface area contributed by atoms with Crippen LogP contribution in [-0.2, 0) is 0 Å².